The van der Waals surface area contributed by atoms with E-state index in [0.717, 1.165) is 10.8 Å². The summed E-state index contributed by atoms with van der Waals surface area (Å²) < 4.78 is 0.742. The number of hydrogen-bond acceptors (Lipinski definition) is 8. The van der Waals surface area contributed by atoms with E-state index in [1.807, 2.05) is 0 Å². The van der Waals surface area contributed by atoms with Gasteiger partial charge >= 0.3 is 5.69 Å². The molecule has 3 rings (SSSR count). The second kappa shape index (κ2) is 8.99. The zero-order valence-electron chi connectivity index (χ0n) is 14.2. The second-order valence-corrected chi connectivity index (χ2v) is 7.13. The van der Waals surface area contributed by atoms with Crippen LogP contribution in [0.2, 0.25) is 10.0 Å². The topological polar surface area (TPSA) is 135 Å². The summed E-state index contributed by atoms with van der Waals surface area (Å²) in [5.74, 6) is -0.647. The second-order valence-electron chi connectivity index (χ2n) is 5.37. The molecule has 3 N–H and O–H groups in total. The number of carbonyl (C=O) groups excluding carboxylic acids is 1. The minimum Gasteiger partial charge on any atom is -0.319 e. The number of hydrogen-bond donors (Lipinski definition) is 3. The highest BCUT2D eigenvalue weighted by Crippen LogP contribution is 2.30. The van der Waals surface area contributed by atoms with Crippen LogP contribution >= 0.6 is 39.1 Å². The van der Waals surface area contributed by atoms with Crippen molar-refractivity contribution < 1.29 is 9.72 Å². The Labute approximate surface area is 181 Å². The third-order valence-corrected chi connectivity index (χ3v) is 4.47. The van der Waals surface area contributed by atoms with Crippen molar-refractivity contribution in [2.24, 2.45) is 0 Å². The summed E-state index contributed by atoms with van der Waals surface area (Å²) in [6.07, 6.45) is 2.61. The van der Waals surface area contributed by atoms with Crippen LogP contribution in [-0.2, 0) is 0 Å². The summed E-state index contributed by atoms with van der Waals surface area (Å²) in [5.41, 5.74) is 4.36. The number of benzene rings is 1. The number of halogens is 3. The molecule has 1 aromatic carbocycles. The van der Waals surface area contributed by atoms with Gasteiger partial charge < -0.3 is 5.32 Å². The maximum Gasteiger partial charge on any atom is 0.355 e. The van der Waals surface area contributed by atoms with Crippen LogP contribution in [0, 0.1) is 10.1 Å². The predicted molar refractivity (Wildman–Crippen MR) is 111 cm³/mol. The van der Waals surface area contributed by atoms with E-state index in [-0.39, 0.29) is 22.2 Å². The van der Waals surface area contributed by atoms with E-state index in [1.54, 1.807) is 12.1 Å². The maximum atomic E-state index is 12.3. The molecule has 0 bridgehead atoms. The molecule has 0 spiro atoms. The van der Waals surface area contributed by atoms with Crippen molar-refractivity contribution in [1.82, 2.24) is 20.4 Å². The molecule has 0 fully saturated rings. The van der Waals surface area contributed by atoms with Crippen molar-refractivity contribution in [3.63, 3.8) is 0 Å². The number of nitrogens with zero attached hydrogens (tertiary/aromatic N) is 4. The molecule has 1 amide bonds. The molecule has 0 saturated carbocycles. The summed E-state index contributed by atoms with van der Waals surface area (Å²) in [7, 11) is 0. The Bertz CT molecular complexity index is 1080. The normalized spacial score (nSPS) is 10.3. The summed E-state index contributed by atoms with van der Waals surface area (Å²) in [5, 5.41) is 14.8. The van der Waals surface area contributed by atoms with Crippen molar-refractivity contribution in [3.05, 3.63) is 73.1 Å². The average Bonchev–Trinajstić information content (AvgIpc) is 2.67. The van der Waals surface area contributed by atoms with Crippen LogP contribution in [0.1, 0.15) is 10.4 Å². The van der Waals surface area contributed by atoms with Gasteiger partial charge in [0.1, 0.15) is 12.1 Å². The fraction of sp³-hybridized carbons (Fsp3) is 0. The van der Waals surface area contributed by atoms with Crippen LogP contribution in [0.4, 0.5) is 23.1 Å². The summed E-state index contributed by atoms with van der Waals surface area (Å²) in [6, 6.07) is 7.62. The first-order chi connectivity index (χ1) is 13.8. The molecule has 0 unspecified atom stereocenters. The Morgan fingerprint density at radius 1 is 1.10 bits per heavy atom. The van der Waals surface area contributed by atoms with Crippen molar-refractivity contribution in [2.45, 2.75) is 0 Å². The lowest BCUT2D eigenvalue weighted by molar-refractivity contribution is -0.383. The molecular formula is C16H10BrCl2N7O3. The molecule has 2 heterocycles. The molecule has 2 aromatic heterocycles. The number of carbonyl (C=O) groups is 1. The van der Waals surface area contributed by atoms with Gasteiger partial charge in [0, 0.05) is 15.7 Å². The Hall–Kier alpha value is -3.02. The first kappa shape index (κ1) is 20.7. The molecule has 0 aliphatic heterocycles. The van der Waals surface area contributed by atoms with Gasteiger partial charge in [-0.3, -0.25) is 25.8 Å². The monoisotopic (exact) mass is 497 g/mol. The van der Waals surface area contributed by atoms with Crippen molar-refractivity contribution in [1.29, 1.82) is 0 Å². The maximum absolute atomic E-state index is 12.3. The minimum atomic E-state index is -0.690. The van der Waals surface area contributed by atoms with E-state index in [2.05, 4.69) is 47.1 Å². The number of nitrogens with one attached hydrogen (secondary N) is 3. The van der Waals surface area contributed by atoms with Gasteiger partial charge in [-0.05, 0) is 46.3 Å². The number of pyridine rings is 1. The molecule has 0 radical (unpaired) electrons. The quantitative estimate of drug-likeness (QED) is 0.337. The van der Waals surface area contributed by atoms with Gasteiger partial charge in [0.05, 0.1) is 15.5 Å². The smallest absolute Gasteiger partial charge is 0.319 e. The van der Waals surface area contributed by atoms with Crippen LogP contribution in [0.15, 0.2) is 47.3 Å². The first-order valence-corrected chi connectivity index (χ1v) is 9.29. The highest BCUT2D eigenvalue weighted by atomic mass is 79.9. The van der Waals surface area contributed by atoms with Crippen LogP contribution in [0.5, 0.6) is 0 Å². The number of rotatable bonds is 6. The molecule has 10 nitrogen and oxygen atoms in total. The highest BCUT2D eigenvalue weighted by Gasteiger charge is 2.24. The van der Waals surface area contributed by atoms with E-state index in [4.69, 9.17) is 23.2 Å². The Balaban J connectivity index is 1.82. The van der Waals surface area contributed by atoms with E-state index in [1.165, 1.54) is 24.4 Å². The molecule has 3 aromatic rings. The Morgan fingerprint density at radius 3 is 2.52 bits per heavy atom. The molecule has 29 heavy (non-hydrogen) atoms. The zero-order valence-corrected chi connectivity index (χ0v) is 17.3. The molecule has 13 heteroatoms. The van der Waals surface area contributed by atoms with Crippen LogP contribution in [0.3, 0.4) is 0 Å². The molecule has 0 saturated heterocycles. The number of hydrazine groups is 1. The number of amides is 1. The lowest BCUT2D eigenvalue weighted by Crippen LogP contribution is -2.30. The number of anilines is 3. The zero-order chi connectivity index (χ0) is 21.0. The highest BCUT2D eigenvalue weighted by molar-refractivity contribution is 9.10. The Kier molecular flexibility index (Phi) is 6.42. The lowest BCUT2D eigenvalue weighted by Gasteiger charge is -2.11. The molecular weight excluding hydrogens is 489 g/mol. The summed E-state index contributed by atoms with van der Waals surface area (Å²) >= 11 is 15.0. The standard InChI is InChI=1S/C16H10BrCl2N7O3/c17-8-1-4-12(20-6-8)23-14-13(26(28)29)15(22-7-21-14)24-25-16(27)10-3-2-9(18)5-11(10)19/h1-7H,(H,25,27)(H2,20,21,22,23,24). The average molecular weight is 499 g/mol. The predicted octanol–water partition coefficient (Wildman–Crippen LogP) is 4.35. The van der Waals surface area contributed by atoms with Gasteiger partial charge in [-0.25, -0.2) is 15.0 Å². The van der Waals surface area contributed by atoms with Crippen LogP contribution in [0.25, 0.3) is 0 Å². The van der Waals surface area contributed by atoms with Crippen molar-refractivity contribution in [2.75, 3.05) is 10.7 Å². The first-order valence-electron chi connectivity index (χ1n) is 7.74. The van der Waals surface area contributed by atoms with Crippen LogP contribution in [-0.4, -0.2) is 25.8 Å². The minimum absolute atomic E-state index is 0.110. The van der Waals surface area contributed by atoms with Crippen molar-refractivity contribution >= 4 is 68.2 Å². The number of nitro groups is 1. The lowest BCUT2D eigenvalue weighted by atomic mass is 10.2. The fourth-order valence-corrected chi connectivity index (χ4v) is 2.89. The van der Waals surface area contributed by atoms with Gasteiger partial charge in [-0.1, -0.05) is 23.2 Å². The van der Waals surface area contributed by atoms with Gasteiger partial charge in [-0.2, -0.15) is 0 Å². The fourth-order valence-electron chi connectivity index (χ4n) is 2.16. The SMILES string of the molecule is O=C(NNc1ncnc(Nc2ccc(Br)cn2)c1[N+](=O)[O-])c1ccc(Cl)cc1Cl. The molecule has 0 atom stereocenters. The van der Waals surface area contributed by atoms with E-state index < -0.39 is 16.5 Å². The third kappa shape index (κ3) is 5.08. The molecule has 0 aliphatic rings. The van der Waals surface area contributed by atoms with Crippen LogP contribution < -0.4 is 16.2 Å². The van der Waals surface area contributed by atoms with Gasteiger partial charge in [0.25, 0.3) is 5.91 Å². The largest absolute Gasteiger partial charge is 0.355 e. The summed E-state index contributed by atoms with van der Waals surface area (Å²) in [4.78, 5) is 34.9. The van der Waals surface area contributed by atoms with Gasteiger partial charge in [0.15, 0.2) is 0 Å². The van der Waals surface area contributed by atoms with E-state index >= 15 is 0 Å². The third-order valence-electron chi connectivity index (χ3n) is 3.45. The van der Waals surface area contributed by atoms with Gasteiger partial charge in [0.2, 0.25) is 11.6 Å². The van der Waals surface area contributed by atoms with Crippen molar-refractivity contribution in [3.8, 4) is 0 Å². The Morgan fingerprint density at radius 2 is 1.86 bits per heavy atom. The molecule has 148 valence electrons. The van der Waals surface area contributed by atoms with E-state index in [9.17, 15) is 14.9 Å². The van der Waals surface area contributed by atoms with Gasteiger partial charge in [-0.15, -0.1) is 0 Å². The van der Waals surface area contributed by atoms with E-state index in [0.29, 0.717) is 10.8 Å². The number of aromatic nitrogens is 3. The summed E-state index contributed by atoms with van der Waals surface area (Å²) in [6.45, 7) is 0. The molecule has 0 aliphatic carbocycles.